The predicted octanol–water partition coefficient (Wildman–Crippen LogP) is 2.19. The van der Waals surface area contributed by atoms with Crippen LogP contribution in [0.4, 0.5) is 5.69 Å². The highest BCUT2D eigenvalue weighted by molar-refractivity contribution is 8.00. The van der Waals surface area contributed by atoms with Crippen LogP contribution in [0.5, 0.6) is 5.75 Å². The van der Waals surface area contributed by atoms with E-state index in [-0.39, 0.29) is 17.7 Å². The summed E-state index contributed by atoms with van der Waals surface area (Å²) in [7, 11) is 1.56. The second-order valence-corrected chi connectivity index (χ2v) is 7.82. The third-order valence-electron chi connectivity index (χ3n) is 4.40. The molecule has 9 heteroatoms. The minimum absolute atomic E-state index is 0.0142. The van der Waals surface area contributed by atoms with Gasteiger partial charge in [-0.3, -0.25) is 9.36 Å². The molecule has 8 nitrogen and oxygen atoms in total. The number of amides is 1. The van der Waals surface area contributed by atoms with Crippen molar-refractivity contribution in [3.63, 3.8) is 0 Å². The number of methoxy groups -OCH3 is 1. The highest BCUT2D eigenvalue weighted by Crippen LogP contribution is 2.27. The van der Waals surface area contributed by atoms with Gasteiger partial charge in [-0.15, -0.1) is 5.10 Å². The fraction of sp³-hybridized carbons (Fsp3) is 0.500. The quantitative estimate of drug-likeness (QED) is 0.701. The maximum Gasteiger partial charge on any atom is 0.344 e. The number of thioether (sulfide) groups is 1. The smallest absolute Gasteiger partial charge is 0.344 e. The SMILES string of the molecule is COc1ccc(C)cc1NC(=O)[C@@H](C)Sc1n[nH]c(=O)n1C[C@H]1CCCO1. The number of hydrogen-bond donors (Lipinski definition) is 2. The van der Waals surface area contributed by atoms with Crippen molar-refractivity contribution >= 4 is 23.4 Å². The molecule has 0 radical (unpaired) electrons. The fourth-order valence-electron chi connectivity index (χ4n) is 2.91. The van der Waals surface area contributed by atoms with Crippen LogP contribution >= 0.6 is 11.8 Å². The first-order chi connectivity index (χ1) is 13.0. The zero-order valence-corrected chi connectivity index (χ0v) is 16.5. The molecule has 146 valence electrons. The van der Waals surface area contributed by atoms with Gasteiger partial charge in [0.1, 0.15) is 5.75 Å². The maximum absolute atomic E-state index is 12.6. The lowest BCUT2D eigenvalue weighted by Crippen LogP contribution is -2.27. The summed E-state index contributed by atoms with van der Waals surface area (Å²) in [4.78, 5) is 24.7. The highest BCUT2D eigenvalue weighted by atomic mass is 32.2. The molecule has 3 rings (SSSR count). The lowest BCUT2D eigenvalue weighted by atomic mass is 10.2. The summed E-state index contributed by atoms with van der Waals surface area (Å²) in [5, 5.41) is 9.44. The van der Waals surface area contributed by atoms with E-state index in [1.54, 1.807) is 14.0 Å². The highest BCUT2D eigenvalue weighted by Gasteiger charge is 2.23. The van der Waals surface area contributed by atoms with Gasteiger partial charge in [-0.2, -0.15) is 0 Å². The second kappa shape index (κ2) is 8.62. The predicted molar refractivity (Wildman–Crippen MR) is 104 cm³/mol. The summed E-state index contributed by atoms with van der Waals surface area (Å²) in [6.45, 7) is 4.88. The molecule has 2 N–H and O–H groups in total. The Labute approximate surface area is 161 Å². The van der Waals surface area contributed by atoms with Crippen molar-refractivity contribution in [2.75, 3.05) is 19.0 Å². The van der Waals surface area contributed by atoms with Crippen LogP contribution in [0.2, 0.25) is 0 Å². The van der Waals surface area contributed by atoms with Gasteiger partial charge in [-0.25, -0.2) is 9.89 Å². The number of benzene rings is 1. The largest absolute Gasteiger partial charge is 0.495 e. The van der Waals surface area contributed by atoms with Crippen molar-refractivity contribution in [1.29, 1.82) is 0 Å². The van der Waals surface area contributed by atoms with Crippen LogP contribution in [0.25, 0.3) is 0 Å². The monoisotopic (exact) mass is 392 g/mol. The number of anilines is 1. The number of carbonyl (C=O) groups is 1. The van der Waals surface area contributed by atoms with Gasteiger partial charge in [-0.05, 0) is 44.4 Å². The molecule has 1 amide bonds. The number of nitrogens with one attached hydrogen (secondary N) is 2. The van der Waals surface area contributed by atoms with Crippen LogP contribution in [0.1, 0.15) is 25.3 Å². The van der Waals surface area contributed by atoms with Crippen molar-refractivity contribution in [3.05, 3.63) is 34.2 Å². The molecule has 2 atom stereocenters. The van der Waals surface area contributed by atoms with Crippen LogP contribution in [-0.2, 0) is 16.1 Å². The Hall–Kier alpha value is -2.26. The van der Waals surface area contributed by atoms with E-state index in [0.29, 0.717) is 23.1 Å². The molecule has 1 aromatic heterocycles. The third kappa shape index (κ3) is 4.72. The average molecular weight is 392 g/mol. The molecular weight excluding hydrogens is 368 g/mol. The molecule has 1 aliphatic rings. The number of rotatable bonds is 7. The van der Waals surface area contributed by atoms with Crippen molar-refractivity contribution < 1.29 is 14.3 Å². The minimum Gasteiger partial charge on any atom is -0.495 e. The van der Waals surface area contributed by atoms with E-state index in [0.717, 1.165) is 25.0 Å². The molecule has 0 spiro atoms. The molecule has 1 fully saturated rings. The maximum atomic E-state index is 12.6. The number of carbonyl (C=O) groups excluding carboxylic acids is 1. The molecule has 0 aliphatic carbocycles. The third-order valence-corrected chi connectivity index (χ3v) is 5.49. The molecule has 1 aromatic carbocycles. The van der Waals surface area contributed by atoms with Gasteiger partial charge < -0.3 is 14.8 Å². The van der Waals surface area contributed by atoms with Crippen molar-refractivity contribution in [2.24, 2.45) is 0 Å². The van der Waals surface area contributed by atoms with E-state index < -0.39 is 5.25 Å². The van der Waals surface area contributed by atoms with Crippen LogP contribution in [-0.4, -0.2) is 45.7 Å². The number of ether oxygens (including phenoxy) is 2. The summed E-state index contributed by atoms with van der Waals surface area (Å²) < 4.78 is 12.4. The molecule has 0 bridgehead atoms. The van der Waals surface area contributed by atoms with Crippen molar-refractivity contribution in [3.8, 4) is 5.75 Å². The zero-order chi connectivity index (χ0) is 19.4. The summed E-state index contributed by atoms with van der Waals surface area (Å²) in [6.07, 6.45) is 1.93. The number of aromatic nitrogens is 3. The van der Waals surface area contributed by atoms with Gasteiger partial charge in [0.25, 0.3) is 0 Å². The van der Waals surface area contributed by atoms with E-state index in [1.807, 2.05) is 25.1 Å². The first kappa shape index (κ1) is 19.5. The van der Waals surface area contributed by atoms with Crippen LogP contribution in [0.3, 0.4) is 0 Å². The Kier molecular flexibility index (Phi) is 6.22. The molecule has 0 saturated carbocycles. The van der Waals surface area contributed by atoms with Gasteiger partial charge >= 0.3 is 5.69 Å². The van der Waals surface area contributed by atoms with Gasteiger partial charge in [0.15, 0.2) is 5.16 Å². The van der Waals surface area contributed by atoms with E-state index in [2.05, 4.69) is 15.5 Å². The lowest BCUT2D eigenvalue weighted by molar-refractivity contribution is -0.115. The molecule has 1 saturated heterocycles. The fourth-order valence-corrected chi connectivity index (χ4v) is 3.78. The van der Waals surface area contributed by atoms with Gasteiger partial charge in [0, 0.05) is 6.61 Å². The minimum atomic E-state index is -0.450. The average Bonchev–Trinajstić information content (AvgIpc) is 3.27. The standard InChI is InChI=1S/C18H24N4O4S/c1-11-6-7-15(25-3)14(9-11)19-16(23)12(2)27-18-21-20-17(24)22(18)10-13-5-4-8-26-13/h6-7,9,12-13H,4-5,8,10H2,1-3H3,(H,19,23)(H,20,24)/t12-,13-/m1/s1. The van der Waals surface area contributed by atoms with Gasteiger partial charge in [0.2, 0.25) is 5.91 Å². The van der Waals surface area contributed by atoms with E-state index in [9.17, 15) is 9.59 Å². The number of hydrogen-bond acceptors (Lipinski definition) is 6. The zero-order valence-electron chi connectivity index (χ0n) is 15.7. The lowest BCUT2D eigenvalue weighted by Gasteiger charge is -2.15. The molecule has 2 heterocycles. The van der Waals surface area contributed by atoms with Crippen LogP contribution in [0.15, 0.2) is 28.2 Å². The molecular formula is C18H24N4O4S. The normalized spacial score (nSPS) is 17.7. The first-order valence-electron chi connectivity index (χ1n) is 8.87. The summed E-state index contributed by atoms with van der Waals surface area (Å²) in [5.41, 5.74) is 1.35. The van der Waals surface area contributed by atoms with Crippen molar-refractivity contribution in [1.82, 2.24) is 14.8 Å². The Morgan fingerprint density at radius 2 is 2.37 bits per heavy atom. The Morgan fingerprint density at radius 3 is 3.07 bits per heavy atom. The van der Waals surface area contributed by atoms with E-state index in [4.69, 9.17) is 9.47 Å². The number of nitrogens with zero attached hydrogens (tertiary/aromatic N) is 2. The van der Waals surface area contributed by atoms with Gasteiger partial charge in [-0.1, -0.05) is 17.8 Å². The topological polar surface area (TPSA) is 98.2 Å². The van der Waals surface area contributed by atoms with Crippen LogP contribution in [0, 0.1) is 6.92 Å². The first-order valence-corrected chi connectivity index (χ1v) is 9.75. The summed E-state index contributed by atoms with van der Waals surface area (Å²) in [5.74, 6) is 0.407. The molecule has 0 unspecified atom stereocenters. The summed E-state index contributed by atoms with van der Waals surface area (Å²) in [6, 6.07) is 5.59. The Bertz CT molecular complexity index is 857. The summed E-state index contributed by atoms with van der Waals surface area (Å²) >= 11 is 1.23. The Morgan fingerprint density at radius 1 is 1.56 bits per heavy atom. The molecule has 2 aromatic rings. The van der Waals surface area contributed by atoms with Crippen molar-refractivity contribution in [2.45, 2.75) is 49.7 Å². The molecule has 27 heavy (non-hydrogen) atoms. The van der Waals surface area contributed by atoms with E-state index >= 15 is 0 Å². The Balaban J connectivity index is 1.68. The van der Waals surface area contributed by atoms with E-state index in [1.165, 1.54) is 16.3 Å². The second-order valence-electron chi connectivity index (χ2n) is 6.51. The number of H-pyrrole nitrogens is 1. The van der Waals surface area contributed by atoms with Gasteiger partial charge in [0.05, 0.1) is 30.7 Å². The number of aryl methyl sites for hydroxylation is 1. The number of aromatic amines is 1. The molecule has 1 aliphatic heterocycles. The van der Waals surface area contributed by atoms with Crippen LogP contribution < -0.4 is 15.7 Å².